The molecule has 0 aliphatic carbocycles. The molecule has 15 heavy (non-hydrogen) atoms. The molecule has 4 heteroatoms. The highest BCUT2D eigenvalue weighted by Gasteiger charge is 2.08. The van der Waals surface area contributed by atoms with Gasteiger partial charge in [-0.25, -0.2) is 0 Å². The SMILES string of the molecule is COc1cc(Cl)c(CCC(C)=O)cc1Cl. The van der Waals surface area contributed by atoms with Crippen LogP contribution in [0.15, 0.2) is 12.1 Å². The topological polar surface area (TPSA) is 26.3 Å². The molecule has 0 aromatic heterocycles. The normalized spacial score (nSPS) is 10.1. The molecule has 0 heterocycles. The Labute approximate surface area is 99.1 Å². The minimum atomic E-state index is 0.137. The van der Waals surface area contributed by atoms with Gasteiger partial charge in [-0.1, -0.05) is 23.2 Å². The number of aryl methyl sites for hydroxylation is 1. The second-order valence-electron chi connectivity index (χ2n) is 3.28. The number of ketones is 1. The predicted octanol–water partition coefficient (Wildman–Crippen LogP) is 3.52. The summed E-state index contributed by atoms with van der Waals surface area (Å²) in [6, 6.07) is 3.41. The molecule has 0 fully saturated rings. The smallest absolute Gasteiger partial charge is 0.138 e. The first-order valence-corrected chi connectivity index (χ1v) is 5.31. The highest BCUT2D eigenvalue weighted by atomic mass is 35.5. The van der Waals surface area contributed by atoms with Crippen molar-refractivity contribution in [3.05, 3.63) is 27.7 Å². The summed E-state index contributed by atoms with van der Waals surface area (Å²) >= 11 is 12.0. The van der Waals surface area contributed by atoms with Crippen LogP contribution in [0.5, 0.6) is 5.75 Å². The van der Waals surface area contributed by atoms with Gasteiger partial charge >= 0.3 is 0 Å². The fraction of sp³-hybridized carbons (Fsp3) is 0.364. The van der Waals surface area contributed by atoms with Crippen molar-refractivity contribution < 1.29 is 9.53 Å². The molecule has 0 aliphatic rings. The number of carbonyl (C=O) groups excluding carboxylic acids is 1. The van der Waals surface area contributed by atoms with E-state index in [-0.39, 0.29) is 5.78 Å². The molecule has 0 saturated carbocycles. The van der Waals surface area contributed by atoms with Gasteiger partial charge in [0.1, 0.15) is 11.5 Å². The summed E-state index contributed by atoms with van der Waals surface area (Å²) in [7, 11) is 1.53. The van der Waals surface area contributed by atoms with Gasteiger partial charge in [-0.05, 0) is 25.0 Å². The first-order valence-electron chi connectivity index (χ1n) is 4.56. The van der Waals surface area contributed by atoms with Gasteiger partial charge in [-0.3, -0.25) is 0 Å². The maximum absolute atomic E-state index is 10.8. The molecule has 0 spiro atoms. The Balaban J connectivity index is 2.90. The predicted molar refractivity (Wildman–Crippen MR) is 62.0 cm³/mol. The first-order chi connectivity index (χ1) is 7.04. The summed E-state index contributed by atoms with van der Waals surface area (Å²) in [6.07, 6.45) is 1.08. The zero-order chi connectivity index (χ0) is 11.4. The number of hydrogen-bond acceptors (Lipinski definition) is 2. The minimum absolute atomic E-state index is 0.137. The summed E-state index contributed by atoms with van der Waals surface area (Å²) in [5.74, 6) is 0.686. The standard InChI is InChI=1S/C11H12Cl2O2/c1-7(14)3-4-8-5-10(13)11(15-2)6-9(8)12/h5-6H,3-4H2,1-2H3. The van der Waals surface area contributed by atoms with Gasteiger partial charge in [0.2, 0.25) is 0 Å². The lowest BCUT2D eigenvalue weighted by Crippen LogP contribution is -1.95. The summed E-state index contributed by atoms with van der Waals surface area (Å²) in [4.78, 5) is 10.8. The van der Waals surface area contributed by atoms with E-state index in [9.17, 15) is 4.79 Å². The minimum Gasteiger partial charge on any atom is -0.495 e. The number of benzene rings is 1. The molecule has 0 atom stereocenters. The zero-order valence-electron chi connectivity index (χ0n) is 8.64. The van der Waals surface area contributed by atoms with E-state index in [4.69, 9.17) is 27.9 Å². The lowest BCUT2D eigenvalue weighted by atomic mass is 10.1. The van der Waals surface area contributed by atoms with Crippen LogP contribution >= 0.6 is 23.2 Å². The average Bonchev–Trinajstić information content (AvgIpc) is 2.18. The third-order valence-corrected chi connectivity index (χ3v) is 2.71. The van der Waals surface area contributed by atoms with Crippen LogP contribution in [0, 0.1) is 0 Å². The quantitative estimate of drug-likeness (QED) is 0.813. The fourth-order valence-electron chi connectivity index (χ4n) is 1.23. The molecule has 1 aromatic carbocycles. The van der Waals surface area contributed by atoms with Gasteiger partial charge in [0.15, 0.2) is 0 Å². The van der Waals surface area contributed by atoms with Gasteiger partial charge in [0, 0.05) is 17.5 Å². The van der Waals surface area contributed by atoms with Crippen LogP contribution in [-0.4, -0.2) is 12.9 Å². The van der Waals surface area contributed by atoms with Crippen LogP contribution < -0.4 is 4.74 Å². The second-order valence-corrected chi connectivity index (χ2v) is 4.09. The number of halogens is 2. The lowest BCUT2D eigenvalue weighted by Gasteiger charge is -2.08. The Morgan fingerprint density at radius 2 is 2.00 bits per heavy atom. The van der Waals surface area contributed by atoms with Crippen molar-refractivity contribution in [1.82, 2.24) is 0 Å². The Kier molecular flexibility index (Phi) is 4.43. The highest BCUT2D eigenvalue weighted by Crippen LogP contribution is 2.31. The zero-order valence-corrected chi connectivity index (χ0v) is 10.2. The monoisotopic (exact) mass is 246 g/mol. The van der Waals surface area contributed by atoms with E-state index in [1.165, 1.54) is 7.11 Å². The molecule has 1 aromatic rings. The van der Waals surface area contributed by atoms with Gasteiger partial charge in [-0.2, -0.15) is 0 Å². The maximum Gasteiger partial charge on any atom is 0.138 e. The Hall–Kier alpha value is -0.730. The molecule has 82 valence electrons. The second kappa shape index (κ2) is 5.38. The van der Waals surface area contributed by atoms with Gasteiger partial charge < -0.3 is 9.53 Å². The van der Waals surface area contributed by atoms with Crippen LogP contribution in [0.2, 0.25) is 10.0 Å². The highest BCUT2D eigenvalue weighted by molar-refractivity contribution is 6.34. The summed E-state index contributed by atoms with van der Waals surface area (Å²) < 4.78 is 5.02. The van der Waals surface area contributed by atoms with E-state index >= 15 is 0 Å². The molecular formula is C11H12Cl2O2. The first kappa shape index (κ1) is 12.3. The molecule has 0 N–H and O–H groups in total. The number of carbonyl (C=O) groups is 1. The molecule has 0 unspecified atom stereocenters. The average molecular weight is 247 g/mol. The molecule has 0 amide bonds. The number of Topliss-reactive ketones (excluding diaryl/α,β-unsaturated/α-hetero) is 1. The summed E-state index contributed by atoms with van der Waals surface area (Å²) in [5, 5.41) is 1.10. The van der Waals surface area contributed by atoms with Crippen LogP contribution in [-0.2, 0) is 11.2 Å². The number of ether oxygens (including phenoxy) is 1. The molecule has 0 bridgehead atoms. The number of hydrogen-bond donors (Lipinski definition) is 0. The van der Waals surface area contributed by atoms with Crippen molar-refractivity contribution in [2.75, 3.05) is 7.11 Å². The summed E-state index contributed by atoms with van der Waals surface area (Å²) in [5.41, 5.74) is 0.873. The van der Waals surface area contributed by atoms with E-state index in [1.54, 1.807) is 19.1 Å². The van der Waals surface area contributed by atoms with E-state index in [0.717, 1.165) is 5.56 Å². The van der Waals surface area contributed by atoms with Crippen LogP contribution in [0.1, 0.15) is 18.9 Å². The molecule has 0 saturated heterocycles. The van der Waals surface area contributed by atoms with Crippen molar-refractivity contribution >= 4 is 29.0 Å². The van der Waals surface area contributed by atoms with E-state index in [1.807, 2.05) is 0 Å². The van der Waals surface area contributed by atoms with Crippen molar-refractivity contribution in [3.8, 4) is 5.75 Å². The summed E-state index contributed by atoms with van der Waals surface area (Å²) in [6.45, 7) is 1.55. The molecular weight excluding hydrogens is 235 g/mol. The molecule has 0 aliphatic heterocycles. The fourth-order valence-corrected chi connectivity index (χ4v) is 1.74. The van der Waals surface area contributed by atoms with E-state index in [0.29, 0.717) is 28.6 Å². The van der Waals surface area contributed by atoms with Gasteiger partial charge in [0.25, 0.3) is 0 Å². The molecule has 1 rings (SSSR count). The van der Waals surface area contributed by atoms with Crippen molar-refractivity contribution in [1.29, 1.82) is 0 Å². The Bertz CT molecular complexity index is 375. The van der Waals surface area contributed by atoms with Crippen molar-refractivity contribution in [2.45, 2.75) is 19.8 Å². The van der Waals surface area contributed by atoms with Crippen molar-refractivity contribution in [2.24, 2.45) is 0 Å². The van der Waals surface area contributed by atoms with E-state index < -0.39 is 0 Å². The van der Waals surface area contributed by atoms with E-state index in [2.05, 4.69) is 0 Å². The lowest BCUT2D eigenvalue weighted by molar-refractivity contribution is -0.116. The largest absolute Gasteiger partial charge is 0.495 e. The third kappa shape index (κ3) is 3.40. The van der Waals surface area contributed by atoms with Gasteiger partial charge in [-0.15, -0.1) is 0 Å². The Morgan fingerprint density at radius 1 is 1.33 bits per heavy atom. The third-order valence-electron chi connectivity index (χ3n) is 2.07. The maximum atomic E-state index is 10.8. The van der Waals surface area contributed by atoms with Gasteiger partial charge in [0.05, 0.1) is 12.1 Å². The van der Waals surface area contributed by atoms with Crippen LogP contribution in [0.25, 0.3) is 0 Å². The number of rotatable bonds is 4. The van der Waals surface area contributed by atoms with Crippen molar-refractivity contribution in [3.63, 3.8) is 0 Å². The van der Waals surface area contributed by atoms with Crippen LogP contribution in [0.3, 0.4) is 0 Å². The van der Waals surface area contributed by atoms with Crippen LogP contribution in [0.4, 0.5) is 0 Å². The Morgan fingerprint density at radius 3 is 2.53 bits per heavy atom. The molecule has 0 radical (unpaired) electrons. The molecule has 2 nitrogen and oxygen atoms in total. The number of methoxy groups -OCH3 is 1.